The molecule has 0 aromatic carbocycles. The number of nitrogens with zero attached hydrogens (tertiary/aromatic N) is 1. The molecule has 0 aliphatic carbocycles. The minimum Gasteiger partial charge on any atom is -0.383 e. The van der Waals surface area contributed by atoms with Crippen LogP contribution in [0.15, 0.2) is 0 Å². The lowest BCUT2D eigenvalue weighted by molar-refractivity contribution is 0.150. The number of hydrogen-bond acceptors (Lipinski definition) is 3. The first-order valence-electron chi connectivity index (χ1n) is 5.26. The van der Waals surface area contributed by atoms with Gasteiger partial charge in [0.2, 0.25) is 0 Å². The fourth-order valence-electron chi connectivity index (χ4n) is 0.963. The molecule has 3 nitrogen and oxygen atoms in total. The normalized spacial score (nSPS) is 9.69. The van der Waals surface area contributed by atoms with E-state index in [4.69, 9.17) is 10.5 Å². The Morgan fingerprint density at radius 1 is 1.31 bits per heavy atom. The zero-order valence-electron chi connectivity index (χ0n) is 9.68. The third-order valence-corrected chi connectivity index (χ3v) is 1.74. The van der Waals surface area contributed by atoms with Crippen LogP contribution in [-0.2, 0) is 4.74 Å². The number of hydrogen-bond donors (Lipinski definition) is 1. The highest BCUT2D eigenvalue weighted by Gasteiger charge is 1.99. The largest absolute Gasteiger partial charge is 0.383 e. The van der Waals surface area contributed by atoms with Gasteiger partial charge in [-0.3, -0.25) is 0 Å². The van der Waals surface area contributed by atoms with E-state index in [2.05, 4.69) is 11.8 Å². The van der Waals surface area contributed by atoms with E-state index < -0.39 is 0 Å². The van der Waals surface area contributed by atoms with Crippen molar-refractivity contribution in [3.05, 3.63) is 0 Å². The summed E-state index contributed by atoms with van der Waals surface area (Å²) in [6, 6.07) is 0. The van der Waals surface area contributed by atoms with Crippen molar-refractivity contribution in [3.8, 4) is 0 Å². The predicted molar refractivity (Wildman–Crippen MR) is 61.1 cm³/mol. The van der Waals surface area contributed by atoms with Crippen LogP contribution in [0.3, 0.4) is 0 Å². The van der Waals surface area contributed by atoms with Crippen LogP contribution in [0, 0.1) is 0 Å². The highest BCUT2D eigenvalue weighted by atomic mass is 16.5. The molecule has 0 radical (unpaired) electrons. The molecule has 84 valence electrons. The van der Waals surface area contributed by atoms with Crippen LogP contribution in [0.2, 0.25) is 0 Å². The smallest absolute Gasteiger partial charge is 0.0589 e. The van der Waals surface area contributed by atoms with Crippen LogP contribution in [0.4, 0.5) is 0 Å². The van der Waals surface area contributed by atoms with Crippen LogP contribution < -0.4 is 5.73 Å². The van der Waals surface area contributed by atoms with Gasteiger partial charge in [0.25, 0.3) is 0 Å². The van der Waals surface area contributed by atoms with Crippen molar-refractivity contribution in [2.45, 2.75) is 27.2 Å². The molecule has 3 heteroatoms. The van der Waals surface area contributed by atoms with Gasteiger partial charge in [0, 0.05) is 15.1 Å². The van der Waals surface area contributed by atoms with Gasteiger partial charge in [-0.15, -0.1) is 0 Å². The zero-order chi connectivity index (χ0) is 10.5. The Balaban J connectivity index is -0.000000376. The molecule has 0 fully saturated rings. The Bertz CT molecular complexity index is 76.5. The van der Waals surface area contributed by atoms with Gasteiger partial charge in [-0.2, -0.15) is 0 Å². The maximum absolute atomic E-state index is 5.40. The van der Waals surface area contributed by atoms with Gasteiger partial charge < -0.3 is 15.4 Å². The van der Waals surface area contributed by atoms with Gasteiger partial charge in [-0.1, -0.05) is 20.8 Å². The second-order valence-electron chi connectivity index (χ2n) is 2.57. The molecule has 0 saturated heterocycles. The zero-order valence-corrected chi connectivity index (χ0v) is 9.68. The molecule has 0 aromatic rings. The summed E-state index contributed by atoms with van der Waals surface area (Å²) in [5.41, 5.74) is 5.40. The summed E-state index contributed by atoms with van der Waals surface area (Å²) in [4.78, 5) is 2.34. The average Bonchev–Trinajstić information content (AvgIpc) is 2.21. The predicted octanol–water partition coefficient (Wildman–Crippen LogP) is 1.58. The molecule has 0 spiro atoms. The SMILES string of the molecule is CC.CCN(CCCN)CCOC.[HH]. The summed E-state index contributed by atoms with van der Waals surface area (Å²) >= 11 is 0. The topological polar surface area (TPSA) is 38.5 Å². The number of rotatable bonds is 7. The summed E-state index contributed by atoms with van der Waals surface area (Å²) < 4.78 is 4.98. The van der Waals surface area contributed by atoms with E-state index in [-0.39, 0.29) is 1.43 Å². The van der Waals surface area contributed by atoms with Gasteiger partial charge in [-0.05, 0) is 26.1 Å². The maximum Gasteiger partial charge on any atom is 0.0589 e. The molecule has 0 aliphatic heterocycles. The maximum atomic E-state index is 5.40. The van der Waals surface area contributed by atoms with Crippen molar-refractivity contribution < 1.29 is 6.16 Å². The molecular weight excluding hydrogens is 164 g/mol. The Morgan fingerprint density at radius 3 is 2.31 bits per heavy atom. The van der Waals surface area contributed by atoms with Crippen molar-refractivity contribution in [3.63, 3.8) is 0 Å². The van der Waals surface area contributed by atoms with E-state index in [9.17, 15) is 0 Å². The van der Waals surface area contributed by atoms with E-state index in [1.54, 1.807) is 7.11 Å². The van der Waals surface area contributed by atoms with E-state index in [0.29, 0.717) is 0 Å². The van der Waals surface area contributed by atoms with Crippen molar-refractivity contribution >= 4 is 0 Å². The summed E-state index contributed by atoms with van der Waals surface area (Å²) in [7, 11) is 1.73. The summed E-state index contributed by atoms with van der Waals surface area (Å²) in [6.45, 7) is 11.0. The minimum atomic E-state index is 0. The molecule has 0 heterocycles. The lowest BCUT2D eigenvalue weighted by Crippen LogP contribution is -2.29. The number of ether oxygens (including phenoxy) is 1. The van der Waals surface area contributed by atoms with E-state index in [1.807, 2.05) is 13.8 Å². The third kappa shape index (κ3) is 11.9. The Morgan fingerprint density at radius 2 is 1.92 bits per heavy atom. The number of likely N-dealkylation sites (N-methyl/N-ethyl adjacent to an activating group) is 1. The molecular formula is C10H28N2O. The molecule has 0 unspecified atom stereocenters. The highest BCUT2D eigenvalue weighted by Crippen LogP contribution is 1.89. The monoisotopic (exact) mass is 192 g/mol. The fourth-order valence-corrected chi connectivity index (χ4v) is 0.963. The van der Waals surface area contributed by atoms with Gasteiger partial charge in [0.15, 0.2) is 0 Å². The van der Waals surface area contributed by atoms with Crippen LogP contribution in [0.1, 0.15) is 28.6 Å². The van der Waals surface area contributed by atoms with Crippen LogP contribution in [-0.4, -0.2) is 44.8 Å². The van der Waals surface area contributed by atoms with Crippen LogP contribution >= 0.6 is 0 Å². The molecule has 13 heavy (non-hydrogen) atoms. The first kappa shape index (κ1) is 15.4. The van der Waals surface area contributed by atoms with Gasteiger partial charge in [-0.25, -0.2) is 0 Å². The molecule has 0 atom stereocenters. The minimum absolute atomic E-state index is 0. The third-order valence-electron chi connectivity index (χ3n) is 1.74. The first-order valence-corrected chi connectivity index (χ1v) is 5.26. The highest BCUT2D eigenvalue weighted by molar-refractivity contribution is 4.54. The Labute approximate surface area is 84.7 Å². The molecule has 0 aliphatic rings. The van der Waals surface area contributed by atoms with Crippen LogP contribution in [0.5, 0.6) is 0 Å². The quantitative estimate of drug-likeness (QED) is 0.665. The molecule has 0 bridgehead atoms. The number of methoxy groups -OCH3 is 1. The Kier molecular flexibility index (Phi) is 17.0. The van der Waals surface area contributed by atoms with E-state index in [1.165, 1.54) is 0 Å². The molecule has 0 saturated carbocycles. The van der Waals surface area contributed by atoms with E-state index in [0.717, 1.165) is 39.2 Å². The fraction of sp³-hybridized carbons (Fsp3) is 1.00. The standard InChI is InChI=1S/C8H20N2O.C2H6.H2/c1-3-10(6-4-5-9)7-8-11-2;1-2;/h3-9H2,1-2H3;1-2H3;1H. The van der Waals surface area contributed by atoms with Gasteiger partial charge in [0.05, 0.1) is 6.61 Å². The second-order valence-corrected chi connectivity index (χ2v) is 2.57. The second kappa shape index (κ2) is 14.4. The van der Waals surface area contributed by atoms with E-state index >= 15 is 0 Å². The molecule has 0 aromatic heterocycles. The molecule has 2 N–H and O–H groups in total. The average molecular weight is 192 g/mol. The lowest BCUT2D eigenvalue weighted by Gasteiger charge is -2.18. The number of nitrogens with two attached hydrogens (primary N) is 1. The molecule has 0 rings (SSSR count). The summed E-state index contributed by atoms with van der Waals surface area (Å²) in [5, 5.41) is 0. The first-order chi connectivity index (χ1) is 6.35. The Hall–Kier alpha value is -0.120. The summed E-state index contributed by atoms with van der Waals surface area (Å²) in [6.07, 6.45) is 1.08. The lowest BCUT2D eigenvalue weighted by atomic mass is 10.4. The van der Waals surface area contributed by atoms with Gasteiger partial charge in [0.1, 0.15) is 0 Å². The van der Waals surface area contributed by atoms with Crippen molar-refractivity contribution in [1.29, 1.82) is 0 Å². The van der Waals surface area contributed by atoms with Crippen molar-refractivity contribution in [2.75, 3.05) is 39.9 Å². The van der Waals surface area contributed by atoms with Gasteiger partial charge >= 0.3 is 0 Å². The van der Waals surface area contributed by atoms with Crippen LogP contribution in [0.25, 0.3) is 0 Å². The molecule has 0 amide bonds. The van der Waals surface area contributed by atoms with Crippen molar-refractivity contribution in [1.82, 2.24) is 4.90 Å². The van der Waals surface area contributed by atoms with Crippen molar-refractivity contribution in [2.24, 2.45) is 5.73 Å². The summed E-state index contributed by atoms with van der Waals surface area (Å²) in [5.74, 6) is 0.